The zero-order valence-electron chi connectivity index (χ0n) is 22.1. The molecule has 2 aromatic carbocycles. The normalized spacial score (nSPS) is 15.5. The number of nitrogens with one attached hydrogen (secondary N) is 2. The molecule has 2 aromatic rings. The quantitative estimate of drug-likeness (QED) is 0.125. The van der Waals surface area contributed by atoms with Crippen LogP contribution >= 0.6 is 0 Å². The number of sulfonamides is 2. The summed E-state index contributed by atoms with van der Waals surface area (Å²) in [7, 11) is -8.36. The van der Waals surface area contributed by atoms with Gasteiger partial charge < -0.3 is 9.31 Å². The lowest BCUT2D eigenvalue weighted by molar-refractivity contribution is -0.384. The van der Waals surface area contributed by atoms with E-state index in [9.17, 15) is 36.5 Å². The predicted octanol–water partition coefficient (Wildman–Crippen LogP) is 0.371. The molecule has 2 N–H and O–H groups in total. The molecule has 3 rings (SSSR count). The van der Waals surface area contributed by atoms with Crippen LogP contribution in [-0.2, 0) is 38.9 Å². The molecule has 1 aliphatic rings. The Bertz CT molecular complexity index is 1530. The van der Waals surface area contributed by atoms with E-state index in [0.29, 0.717) is 0 Å². The van der Waals surface area contributed by atoms with Crippen molar-refractivity contribution in [3.63, 3.8) is 0 Å². The molecular weight excluding hydrogens is 579 g/mol. The molecule has 0 spiro atoms. The first-order valence-corrected chi connectivity index (χ1v) is 15.1. The second kappa shape index (κ2) is 13.7. The van der Waals surface area contributed by atoms with Gasteiger partial charge in [0.1, 0.15) is 5.94 Å². The summed E-state index contributed by atoms with van der Waals surface area (Å²) in [6, 6.07) is 10.3. The number of unbranched alkanes of at least 4 members (excludes halogenated alkanes) is 1. The monoisotopic (exact) mass is 606 g/mol. The summed E-state index contributed by atoms with van der Waals surface area (Å²) >= 11 is 0. The van der Waals surface area contributed by atoms with E-state index in [2.05, 4.69) is 21.3 Å². The van der Waals surface area contributed by atoms with E-state index >= 15 is 0 Å². The highest BCUT2D eigenvalue weighted by Crippen LogP contribution is 2.17. The minimum atomic E-state index is -4.38. The summed E-state index contributed by atoms with van der Waals surface area (Å²) in [5.74, 6) is 2.15. The van der Waals surface area contributed by atoms with Crippen molar-refractivity contribution in [3.05, 3.63) is 64.2 Å². The fraction of sp³-hybridized carbons (Fsp3) is 0.333. The van der Waals surface area contributed by atoms with Gasteiger partial charge in [0.25, 0.3) is 5.69 Å². The maximum Gasteiger partial charge on any atom is 0.631 e. The molecular formula is C24H27BN4O10S2. The molecule has 1 heterocycles. The van der Waals surface area contributed by atoms with Crippen molar-refractivity contribution in [2.45, 2.75) is 35.5 Å². The Morgan fingerprint density at radius 1 is 0.976 bits per heavy atom. The van der Waals surface area contributed by atoms with E-state index in [4.69, 9.17) is 9.31 Å². The van der Waals surface area contributed by atoms with Gasteiger partial charge in [-0.05, 0) is 44.7 Å². The van der Waals surface area contributed by atoms with Crippen LogP contribution in [0.15, 0.2) is 58.3 Å². The minimum Gasteiger partial charge on any atom is -0.497 e. The van der Waals surface area contributed by atoms with Gasteiger partial charge in [-0.3, -0.25) is 24.6 Å². The Balaban J connectivity index is 1.74. The molecule has 1 saturated heterocycles. The number of benzene rings is 2. The van der Waals surface area contributed by atoms with Crippen molar-refractivity contribution >= 4 is 44.8 Å². The molecule has 0 amide bonds. The molecule has 0 aromatic heterocycles. The Hall–Kier alpha value is -3.82. The number of non-ortho nitro benzene ring substituents is 1. The van der Waals surface area contributed by atoms with E-state index in [1.807, 2.05) is 6.92 Å². The number of nitro groups is 1. The van der Waals surface area contributed by atoms with Crippen LogP contribution < -0.4 is 9.44 Å². The zero-order chi connectivity index (χ0) is 30.2. The second-order valence-corrected chi connectivity index (χ2v) is 12.5. The Labute approximate surface area is 237 Å². The van der Waals surface area contributed by atoms with Crippen LogP contribution in [0.25, 0.3) is 0 Å². The van der Waals surface area contributed by atoms with Gasteiger partial charge in [0.05, 0.1) is 27.8 Å². The summed E-state index contributed by atoms with van der Waals surface area (Å²) < 4.78 is 65.9. The number of hydrogen-bond donors (Lipinski definition) is 2. The van der Waals surface area contributed by atoms with Crippen LogP contribution in [0.5, 0.6) is 0 Å². The van der Waals surface area contributed by atoms with E-state index in [0.717, 1.165) is 29.8 Å². The van der Waals surface area contributed by atoms with E-state index in [-0.39, 0.29) is 48.0 Å². The summed E-state index contributed by atoms with van der Waals surface area (Å²) in [6.45, 7) is 1.34. The molecule has 218 valence electrons. The van der Waals surface area contributed by atoms with Gasteiger partial charge in [0.15, 0.2) is 0 Å². The first kappa shape index (κ1) is 31.7. The van der Waals surface area contributed by atoms with Crippen LogP contribution in [0.4, 0.5) is 5.69 Å². The third-order valence-electron chi connectivity index (χ3n) is 5.56. The molecule has 0 aliphatic carbocycles. The molecule has 0 bridgehead atoms. The summed E-state index contributed by atoms with van der Waals surface area (Å²) in [5, 5.41) is 10.9. The molecule has 14 nitrogen and oxygen atoms in total. The van der Waals surface area contributed by atoms with Crippen molar-refractivity contribution in [3.8, 4) is 11.8 Å². The molecule has 1 unspecified atom stereocenters. The number of hydrogen-bond acceptors (Lipinski definition) is 11. The SMILES string of the molecule is Cc1ccc(S(=O)(=O)NCCCC#CC(NS(=O)(=O)c2ccc([N+](=O)[O-])cc2)B2OC(=O)CN(C)CC(=O)O2)cc1. The highest BCUT2D eigenvalue weighted by atomic mass is 32.2. The molecule has 0 radical (unpaired) electrons. The number of carbonyl (C=O) groups excluding carboxylic acids is 2. The summed E-state index contributed by atoms with van der Waals surface area (Å²) in [6.07, 6.45) is 0.346. The highest BCUT2D eigenvalue weighted by molar-refractivity contribution is 7.89. The largest absolute Gasteiger partial charge is 0.631 e. The summed E-state index contributed by atoms with van der Waals surface area (Å²) in [4.78, 5) is 35.8. The highest BCUT2D eigenvalue weighted by Gasteiger charge is 2.41. The lowest BCUT2D eigenvalue weighted by Crippen LogP contribution is -2.53. The van der Waals surface area contributed by atoms with Gasteiger partial charge in [-0.25, -0.2) is 21.6 Å². The van der Waals surface area contributed by atoms with E-state index in [1.165, 1.54) is 24.1 Å². The van der Waals surface area contributed by atoms with Gasteiger partial charge in [-0.2, -0.15) is 4.72 Å². The first-order valence-electron chi connectivity index (χ1n) is 12.2. The van der Waals surface area contributed by atoms with Gasteiger partial charge in [-0.1, -0.05) is 23.6 Å². The van der Waals surface area contributed by atoms with Crippen molar-refractivity contribution in [1.82, 2.24) is 14.3 Å². The van der Waals surface area contributed by atoms with Crippen molar-refractivity contribution in [1.29, 1.82) is 0 Å². The Morgan fingerprint density at radius 3 is 2.07 bits per heavy atom. The van der Waals surface area contributed by atoms with Crippen LogP contribution in [0.1, 0.15) is 18.4 Å². The van der Waals surface area contributed by atoms with Crippen molar-refractivity contribution in [2.24, 2.45) is 0 Å². The predicted molar refractivity (Wildman–Crippen MR) is 146 cm³/mol. The maximum absolute atomic E-state index is 13.0. The molecule has 0 saturated carbocycles. The third-order valence-corrected chi connectivity index (χ3v) is 8.50. The average Bonchev–Trinajstić information content (AvgIpc) is 2.88. The Morgan fingerprint density at radius 2 is 1.51 bits per heavy atom. The molecule has 1 aliphatic heterocycles. The van der Waals surface area contributed by atoms with Gasteiger partial charge >= 0.3 is 19.1 Å². The van der Waals surface area contributed by atoms with Crippen molar-refractivity contribution < 1.29 is 40.7 Å². The molecule has 17 heteroatoms. The maximum atomic E-state index is 13.0. The number of nitrogens with zero attached hydrogens (tertiary/aromatic N) is 2. The van der Waals surface area contributed by atoms with Crippen LogP contribution in [0, 0.1) is 28.9 Å². The Kier molecular flexibility index (Phi) is 10.6. The van der Waals surface area contributed by atoms with Gasteiger partial charge in [0, 0.05) is 25.1 Å². The second-order valence-electron chi connectivity index (χ2n) is 9.01. The van der Waals surface area contributed by atoms with E-state index in [1.54, 1.807) is 12.1 Å². The van der Waals surface area contributed by atoms with Crippen LogP contribution in [0.2, 0.25) is 0 Å². The number of carbonyl (C=O) groups is 2. The fourth-order valence-electron chi connectivity index (χ4n) is 3.49. The van der Waals surface area contributed by atoms with Crippen molar-refractivity contribution in [2.75, 3.05) is 26.7 Å². The van der Waals surface area contributed by atoms with Gasteiger partial charge in [-0.15, -0.1) is 5.92 Å². The van der Waals surface area contributed by atoms with Gasteiger partial charge in [0.2, 0.25) is 20.0 Å². The molecule has 1 atom stereocenters. The van der Waals surface area contributed by atoms with Crippen LogP contribution in [-0.4, -0.2) is 78.3 Å². The molecule has 1 fully saturated rings. The summed E-state index contributed by atoms with van der Waals surface area (Å²) in [5.41, 5.74) is 0.580. The third kappa shape index (κ3) is 9.37. The number of rotatable bonds is 10. The smallest absolute Gasteiger partial charge is 0.497 e. The first-order chi connectivity index (χ1) is 19.3. The average molecular weight is 606 g/mol. The minimum absolute atomic E-state index is 0.0316. The topological polar surface area (TPSA) is 191 Å². The number of likely N-dealkylation sites (N-methyl/N-ethyl adjacent to an activating group) is 1. The van der Waals surface area contributed by atoms with E-state index < -0.39 is 50.0 Å². The molecule has 41 heavy (non-hydrogen) atoms. The standard InChI is InChI=1S/C24H27BN4O10S2/c1-18-7-11-20(12-8-18)40(34,35)26-15-5-3-4-6-22(25-38-23(30)16-28(2)17-24(31)39-25)27-41(36,37)21-13-9-19(10-14-21)29(32)33/h7-14,22,26-27H,3,5,15-17H2,1-2H3. The number of aryl methyl sites for hydroxylation is 1. The van der Waals surface area contributed by atoms with Crippen LogP contribution in [0.3, 0.4) is 0 Å². The fourth-order valence-corrected chi connectivity index (χ4v) is 5.70. The lowest BCUT2D eigenvalue weighted by Gasteiger charge is -2.25. The lowest BCUT2D eigenvalue weighted by atomic mass is 9.78. The zero-order valence-corrected chi connectivity index (χ0v) is 23.7. The number of nitro benzene ring substituents is 1.